The van der Waals surface area contributed by atoms with Gasteiger partial charge in [0, 0.05) is 32.2 Å². The van der Waals surface area contributed by atoms with Gasteiger partial charge in [0.2, 0.25) is 5.96 Å². The Balaban J connectivity index is 1.59. The molecule has 1 amide bonds. The van der Waals surface area contributed by atoms with Gasteiger partial charge in [-0.05, 0) is 54.1 Å². The summed E-state index contributed by atoms with van der Waals surface area (Å²) in [7, 11) is 0. The molecule has 4 N–H and O–H groups in total. The van der Waals surface area contributed by atoms with E-state index >= 15 is 0 Å². The zero-order valence-corrected chi connectivity index (χ0v) is 20.5. The molecule has 0 radical (unpaired) electrons. The molecule has 3 aromatic carbocycles. The van der Waals surface area contributed by atoms with Crippen LogP contribution in [-0.2, 0) is 6.54 Å². The third kappa shape index (κ3) is 6.21. The maximum absolute atomic E-state index is 12.3. The van der Waals surface area contributed by atoms with E-state index in [0.29, 0.717) is 22.2 Å². The lowest BCUT2D eigenvalue weighted by atomic mass is 10.1. The predicted octanol–water partition coefficient (Wildman–Crippen LogP) is 6.45. The van der Waals surface area contributed by atoms with Crippen molar-refractivity contribution in [2.75, 3.05) is 4.90 Å². The summed E-state index contributed by atoms with van der Waals surface area (Å²) in [6, 6.07) is 22.1. The topological polar surface area (TPSA) is 120 Å². The fraction of sp³-hybridized carbons (Fsp3) is 0.0417. The molecule has 0 aliphatic heterocycles. The molecule has 1 heterocycles. The van der Waals surface area contributed by atoms with Crippen LogP contribution in [0.25, 0.3) is 11.3 Å². The van der Waals surface area contributed by atoms with Crippen LogP contribution < -0.4 is 16.1 Å². The van der Waals surface area contributed by atoms with Crippen molar-refractivity contribution in [3.63, 3.8) is 0 Å². The first-order valence-corrected chi connectivity index (χ1v) is 11.9. The van der Waals surface area contributed by atoms with E-state index in [9.17, 15) is 4.79 Å². The summed E-state index contributed by atoms with van der Waals surface area (Å²) >= 11 is 13.7. The van der Waals surface area contributed by atoms with Crippen LogP contribution in [-0.4, -0.2) is 16.9 Å². The number of hydrogen-bond acceptors (Lipinski definition) is 6. The molecule has 176 valence electrons. The number of benzene rings is 3. The Morgan fingerprint density at radius 2 is 1.63 bits per heavy atom. The first kappa shape index (κ1) is 24.3. The zero-order valence-electron chi connectivity index (χ0n) is 18.2. The third-order valence-corrected chi connectivity index (χ3v) is 6.32. The number of nitrogens with two attached hydrogens (primary N) is 1. The Labute approximate surface area is 215 Å². The van der Waals surface area contributed by atoms with Crippen LogP contribution >= 0.6 is 34.5 Å². The molecule has 0 aliphatic carbocycles. The van der Waals surface area contributed by atoms with Crippen molar-refractivity contribution in [2.45, 2.75) is 6.54 Å². The normalized spacial score (nSPS) is 10.9. The number of hydrogen-bond donors (Lipinski definition) is 3. The number of carbonyl (C=O) groups is 1. The lowest BCUT2D eigenvalue weighted by Gasteiger charge is -2.22. The van der Waals surface area contributed by atoms with Crippen molar-refractivity contribution in [3.8, 4) is 11.3 Å². The second-order valence-electron chi connectivity index (χ2n) is 7.30. The summed E-state index contributed by atoms with van der Waals surface area (Å²) in [5.74, 6) is 3.99. The molecule has 8 nitrogen and oxygen atoms in total. The highest BCUT2D eigenvalue weighted by atomic mass is 35.5. The average molecular weight is 524 g/mol. The van der Waals surface area contributed by atoms with Crippen LogP contribution in [0, 0.1) is 5.41 Å². The highest BCUT2D eigenvalue weighted by Gasteiger charge is 2.16. The van der Waals surface area contributed by atoms with Crippen molar-refractivity contribution in [3.05, 3.63) is 99.3 Å². The standard InChI is InChI=1S/C24H19Cl2N7OS/c25-18-7-5-16(6-8-18)21-14-35-24(29-21)33(20-11-9-19(26)10-12-20)13-15-1-3-17(4-2-15)22(34)30-23(27)31-32-28/h1-12,14H,13H2,(H4,27,28,30,31,34). The number of carbonyl (C=O) groups excluding carboxylic acids is 1. The van der Waals surface area contributed by atoms with Crippen molar-refractivity contribution < 1.29 is 4.79 Å². The highest BCUT2D eigenvalue weighted by molar-refractivity contribution is 7.14. The first-order valence-electron chi connectivity index (χ1n) is 10.3. The lowest BCUT2D eigenvalue weighted by molar-refractivity contribution is 0.0976. The van der Waals surface area contributed by atoms with E-state index in [4.69, 9.17) is 39.4 Å². The molecule has 4 rings (SSSR count). The monoisotopic (exact) mass is 523 g/mol. The second kappa shape index (κ2) is 11.1. The second-order valence-corrected chi connectivity index (χ2v) is 9.01. The van der Waals surface area contributed by atoms with Gasteiger partial charge >= 0.3 is 0 Å². The maximum atomic E-state index is 12.3. The van der Waals surface area contributed by atoms with Gasteiger partial charge < -0.3 is 10.7 Å². The van der Waals surface area contributed by atoms with E-state index in [-0.39, 0.29) is 0 Å². The minimum Gasteiger partial charge on any atom is -0.313 e. The molecule has 0 saturated carbocycles. The number of halogens is 2. The minimum atomic E-state index is -0.476. The van der Waals surface area contributed by atoms with Gasteiger partial charge in [0.25, 0.3) is 5.91 Å². The van der Waals surface area contributed by atoms with Crippen LogP contribution in [0.5, 0.6) is 0 Å². The molecule has 11 heteroatoms. The zero-order chi connectivity index (χ0) is 24.8. The summed E-state index contributed by atoms with van der Waals surface area (Å²) in [6.45, 7) is 0.508. The molecule has 0 spiro atoms. The van der Waals surface area contributed by atoms with Gasteiger partial charge in [0.05, 0.1) is 12.2 Å². The van der Waals surface area contributed by atoms with Gasteiger partial charge in [-0.1, -0.05) is 57.8 Å². The van der Waals surface area contributed by atoms with Gasteiger partial charge in [-0.25, -0.2) is 4.98 Å². The largest absolute Gasteiger partial charge is 0.313 e. The van der Waals surface area contributed by atoms with Gasteiger partial charge in [0.15, 0.2) is 5.13 Å². The summed E-state index contributed by atoms with van der Waals surface area (Å²) in [4.78, 5) is 19.2. The Morgan fingerprint density at radius 1 is 1.00 bits per heavy atom. The van der Waals surface area contributed by atoms with E-state index in [1.165, 1.54) is 11.3 Å². The molecule has 4 aromatic rings. The minimum absolute atomic E-state index is 0.378. The number of nitrogens with one attached hydrogen (secondary N) is 2. The molecular formula is C24H19Cl2N7OS. The molecular weight excluding hydrogens is 505 g/mol. The quantitative estimate of drug-likeness (QED) is 0.0883. The van der Waals surface area contributed by atoms with E-state index < -0.39 is 11.9 Å². The highest BCUT2D eigenvalue weighted by Crippen LogP contribution is 2.34. The number of thiazole rings is 1. The van der Waals surface area contributed by atoms with E-state index in [1.54, 1.807) is 12.1 Å². The lowest BCUT2D eigenvalue weighted by Crippen LogP contribution is -2.28. The van der Waals surface area contributed by atoms with Gasteiger partial charge in [-0.3, -0.25) is 15.5 Å². The Morgan fingerprint density at radius 3 is 2.26 bits per heavy atom. The van der Waals surface area contributed by atoms with Gasteiger partial charge in [-0.2, -0.15) is 0 Å². The van der Waals surface area contributed by atoms with Crippen molar-refractivity contribution >= 4 is 57.2 Å². The maximum Gasteiger partial charge on any atom is 0.258 e. The fourth-order valence-corrected chi connectivity index (χ4v) is 4.34. The molecule has 0 saturated heterocycles. The number of amides is 1. The summed E-state index contributed by atoms with van der Waals surface area (Å²) in [5.41, 5.74) is 4.08. The summed E-state index contributed by atoms with van der Waals surface area (Å²) in [6.07, 6.45) is 0. The smallest absolute Gasteiger partial charge is 0.258 e. The predicted molar refractivity (Wildman–Crippen MR) is 141 cm³/mol. The summed E-state index contributed by atoms with van der Waals surface area (Å²) < 4.78 is 0. The average Bonchev–Trinajstić information content (AvgIpc) is 3.34. The van der Waals surface area contributed by atoms with Gasteiger partial charge in [0.1, 0.15) is 0 Å². The number of aromatic nitrogens is 1. The Kier molecular flexibility index (Phi) is 7.71. The van der Waals surface area contributed by atoms with Crippen molar-refractivity contribution in [1.29, 1.82) is 5.41 Å². The van der Waals surface area contributed by atoms with Crippen LogP contribution in [0.15, 0.2) is 88.5 Å². The molecule has 35 heavy (non-hydrogen) atoms. The molecule has 0 bridgehead atoms. The van der Waals surface area contributed by atoms with Crippen molar-refractivity contribution in [1.82, 2.24) is 10.3 Å². The molecule has 1 aromatic heterocycles. The number of nitrogens with zero attached hydrogens (tertiary/aromatic N) is 4. The van der Waals surface area contributed by atoms with E-state index in [0.717, 1.165) is 27.6 Å². The van der Waals surface area contributed by atoms with E-state index in [1.807, 2.05) is 66.0 Å². The number of anilines is 2. The Hall–Kier alpha value is -3.79. The SMILES string of the molecule is N=C(N=NN)NC(=O)c1ccc(CN(c2ccc(Cl)cc2)c2nc(-c3ccc(Cl)cc3)cs2)cc1. The van der Waals surface area contributed by atoms with Crippen LogP contribution in [0.1, 0.15) is 15.9 Å². The first-order chi connectivity index (χ1) is 16.9. The molecule has 0 fully saturated rings. The van der Waals surface area contributed by atoms with Crippen molar-refractivity contribution in [2.24, 2.45) is 16.2 Å². The van der Waals surface area contributed by atoms with E-state index in [2.05, 4.69) is 20.6 Å². The molecule has 0 atom stereocenters. The molecule has 0 unspecified atom stereocenters. The third-order valence-electron chi connectivity index (χ3n) is 4.95. The summed E-state index contributed by atoms with van der Waals surface area (Å²) in [5, 5.41) is 20.2. The fourth-order valence-electron chi connectivity index (χ4n) is 3.24. The van der Waals surface area contributed by atoms with Crippen LogP contribution in [0.3, 0.4) is 0 Å². The Bertz CT molecular complexity index is 1350. The number of guanidine groups is 1. The van der Waals surface area contributed by atoms with Crippen LogP contribution in [0.2, 0.25) is 10.0 Å². The van der Waals surface area contributed by atoms with Crippen LogP contribution in [0.4, 0.5) is 10.8 Å². The number of rotatable bonds is 6. The van der Waals surface area contributed by atoms with Gasteiger partial charge in [-0.15, -0.1) is 11.3 Å². The molecule has 0 aliphatic rings.